The van der Waals surface area contributed by atoms with Crippen LogP contribution in [0.15, 0.2) is 0 Å². The molecule has 4 nitrogen and oxygen atoms in total. The van der Waals surface area contributed by atoms with Gasteiger partial charge in [-0.15, -0.1) is 0 Å². The molecule has 0 aliphatic rings. The number of carbonyl (C=O) groups excluding carboxylic acids is 1. The Labute approximate surface area is 83.6 Å². The van der Waals surface area contributed by atoms with Crippen LogP contribution in [0.5, 0.6) is 0 Å². The number of ether oxygens (including phenoxy) is 1. The number of nitrogens with one attached hydrogen (secondary N) is 1. The van der Waals surface area contributed by atoms with E-state index in [1.807, 2.05) is 6.26 Å². The molecule has 0 heterocycles. The van der Waals surface area contributed by atoms with E-state index in [1.54, 1.807) is 18.9 Å². The molecule has 13 heavy (non-hydrogen) atoms. The molecule has 5 heteroatoms. The summed E-state index contributed by atoms with van der Waals surface area (Å²) in [4.78, 5) is 11.2. The number of thioether (sulfide) groups is 1. The van der Waals surface area contributed by atoms with Crippen LogP contribution in [0.2, 0.25) is 0 Å². The Hall–Kier alpha value is -0.260. The van der Waals surface area contributed by atoms with Gasteiger partial charge in [-0.05, 0) is 6.26 Å². The monoisotopic (exact) mass is 206 g/mol. The van der Waals surface area contributed by atoms with Crippen molar-refractivity contribution in [2.24, 2.45) is 5.73 Å². The summed E-state index contributed by atoms with van der Waals surface area (Å²) in [5.74, 6) is 0.942. The molecular formula is C8H18N2O2S. The Balaban J connectivity index is 3.48. The third-order valence-electron chi connectivity index (χ3n) is 1.64. The van der Waals surface area contributed by atoms with Crippen molar-refractivity contribution in [3.05, 3.63) is 0 Å². The quantitative estimate of drug-likeness (QED) is 0.568. The predicted molar refractivity (Wildman–Crippen MR) is 55.9 cm³/mol. The molecule has 0 spiro atoms. The summed E-state index contributed by atoms with van der Waals surface area (Å²) in [6, 6.07) is 0. The second kappa shape index (κ2) is 8.34. The van der Waals surface area contributed by atoms with Gasteiger partial charge in [0, 0.05) is 26.0 Å². The van der Waals surface area contributed by atoms with Gasteiger partial charge in [0.25, 0.3) is 0 Å². The van der Waals surface area contributed by atoms with E-state index < -0.39 is 0 Å². The molecule has 1 unspecified atom stereocenters. The van der Waals surface area contributed by atoms with Gasteiger partial charge in [-0.3, -0.25) is 4.79 Å². The van der Waals surface area contributed by atoms with Crippen molar-refractivity contribution in [2.45, 2.75) is 12.5 Å². The lowest BCUT2D eigenvalue weighted by molar-refractivity contribution is -0.123. The molecule has 0 aliphatic carbocycles. The highest BCUT2D eigenvalue weighted by Gasteiger charge is 2.10. The Morgan fingerprint density at radius 2 is 2.38 bits per heavy atom. The number of carbonyl (C=O) groups is 1. The minimum Gasteiger partial charge on any atom is -0.380 e. The van der Waals surface area contributed by atoms with Crippen molar-refractivity contribution < 1.29 is 9.53 Å². The van der Waals surface area contributed by atoms with Crippen molar-refractivity contribution in [1.82, 2.24) is 5.32 Å². The van der Waals surface area contributed by atoms with Gasteiger partial charge in [0.15, 0.2) is 0 Å². The third-order valence-corrected chi connectivity index (χ3v) is 2.25. The van der Waals surface area contributed by atoms with E-state index in [-0.39, 0.29) is 12.0 Å². The summed E-state index contributed by atoms with van der Waals surface area (Å²) in [7, 11) is 1.56. The van der Waals surface area contributed by atoms with Crippen LogP contribution in [0.25, 0.3) is 0 Å². The zero-order valence-corrected chi connectivity index (χ0v) is 9.02. The Morgan fingerprint density at radius 3 is 2.85 bits per heavy atom. The van der Waals surface area contributed by atoms with Gasteiger partial charge in [-0.2, -0.15) is 11.8 Å². The summed E-state index contributed by atoms with van der Waals surface area (Å²) >= 11 is 1.70. The van der Waals surface area contributed by atoms with Crippen LogP contribution in [0.1, 0.15) is 6.42 Å². The molecule has 0 bridgehead atoms. The van der Waals surface area contributed by atoms with Crippen LogP contribution in [0, 0.1) is 0 Å². The van der Waals surface area contributed by atoms with Crippen molar-refractivity contribution >= 4 is 17.7 Å². The number of nitrogens with two attached hydrogens (primary N) is 1. The van der Waals surface area contributed by atoms with E-state index in [2.05, 4.69) is 5.32 Å². The van der Waals surface area contributed by atoms with Gasteiger partial charge in [0.2, 0.25) is 5.91 Å². The second-order valence-electron chi connectivity index (χ2n) is 2.64. The number of amides is 1. The molecule has 0 aromatic rings. The molecule has 0 aromatic carbocycles. The van der Waals surface area contributed by atoms with Crippen LogP contribution in [-0.4, -0.2) is 44.2 Å². The minimum absolute atomic E-state index is 0.00588. The Morgan fingerprint density at radius 1 is 1.69 bits per heavy atom. The molecule has 0 saturated heterocycles. The third kappa shape index (κ3) is 6.86. The second-order valence-corrected chi connectivity index (χ2v) is 3.63. The standard InChI is InChI=1S/C8H18N2O2S/c1-12-7(6-9)5-8(11)10-3-4-13-2/h7H,3-6,9H2,1-2H3,(H,10,11). The first-order valence-electron chi connectivity index (χ1n) is 4.23. The van der Waals surface area contributed by atoms with Crippen LogP contribution in [0.3, 0.4) is 0 Å². The lowest BCUT2D eigenvalue weighted by Gasteiger charge is -2.12. The summed E-state index contributed by atoms with van der Waals surface area (Å²) in [5.41, 5.74) is 5.38. The molecule has 1 atom stereocenters. The molecule has 0 aliphatic heterocycles. The zero-order chi connectivity index (χ0) is 10.1. The molecule has 78 valence electrons. The molecule has 0 fully saturated rings. The molecule has 1 amide bonds. The summed E-state index contributed by atoms with van der Waals surface area (Å²) in [5, 5.41) is 2.79. The first-order valence-corrected chi connectivity index (χ1v) is 5.62. The normalized spacial score (nSPS) is 12.5. The number of hydrogen-bond acceptors (Lipinski definition) is 4. The fourth-order valence-electron chi connectivity index (χ4n) is 0.834. The topological polar surface area (TPSA) is 64.3 Å². The number of rotatable bonds is 7. The first-order chi connectivity index (χ1) is 6.24. The van der Waals surface area contributed by atoms with Gasteiger partial charge < -0.3 is 15.8 Å². The Bertz CT molecular complexity index is 140. The zero-order valence-electron chi connectivity index (χ0n) is 8.21. The van der Waals surface area contributed by atoms with Gasteiger partial charge >= 0.3 is 0 Å². The van der Waals surface area contributed by atoms with E-state index in [0.29, 0.717) is 19.5 Å². The van der Waals surface area contributed by atoms with Gasteiger partial charge in [-0.1, -0.05) is 0 Å². The predicted octanol–water partition coefficient (Wildman–Crippen LogP) is -0.171. The lowest BCUT2D eigenvalue weighted by Crippen LogP contribution is -2.33. The van der Waals surface area contributed by atoms with Crippen molar-refractivity contribution in [1.29, 1.82) is 0 Å². The van der Waals surface area contributed by atoms with E-state index in [1.165, 1.54) is 0 Å². The largest absolute Gasteiger partial charge is 0.380 e. The molecule has 0 radical (unpaired) electrons. The van der Waals surface area contributed by atoms with Gasteiger partial charge in [0.1, 0.15) is 0 Å². The summed E-state index contributed by atoms with van der Waals surface area (Å²) in [6.07, 6.45) is 2.19. The van der Waals surface area contributed by atoms with E-state index in [0.717, 1.165) is 5.75 Å². The lowest BCUT2D eigenvalue weighted by atomic mass is 10.2. The van der Waals surface area contributed by atoms with E-state index in [9.17, 15) is 4.79 Å². The van der Waals surface area contributed by atoms with Gasteiger partial charge in [0.05, 0.1) is 12.5 Å². The maximum atomic E-state index is 11.2. The Kier molecular flexibility index (Phi) is 8.18. The molecular weight excluding hydrogens is 188 g/mol. The van der Waals surface area contributed by atoms with Gasteiger partial charge in [-0.25, -0.2) is 0 Å². The first kappa shape index (κ1) is 12.7. The van der Waals surface area contributed by atoms with Crippen LogP contribution < -0.4 is 11.1 Å². The maximum Gasteiger partial charge on any atom is 0.222 e. The van der Waals surface area contributed by atoms with Crippen molar-refractivity contribution in [3.8, 4) is 0 Å². The van der Waals surface area contributed by atoms with Crippen LogP contribution in [0.4, 0.5) is 0 Å². The molecule has 0 rings (SSSR count). The molecule has 0 saturated carbocycles. The van der Waals surface area contributed by atoms with Crippen molar-refractivity contribution in [3.63, 3.8) is 0 Å². The SMILES string of the molecule is COC(CN)CC(=O)NCCSC. The fraction of sp³-hybridized carbons (Fsp3) is 0.875. The smallest absolute Gasteiger partial charge is 0.222 e. The highest BCUT2D eigenvalue weighted by Crippen LogP contribution is 1.94. The molecule has 3 N–H and O–H groups in total. The highest BCUT2D eigenvalue weighted by molar-refractivity contribution is 7.98. The highest BCUT2D eigenvalue weighted by atomic mass is 32.2. The van der Waals surface area contributed by atoms with Crippen molar-refractivity contribution in [2.75, 3.05) is 32.2 Å². The van der Waals surface area contributed by atoms with Crippen LogP contribution >= 0.6 is 11.8 Å². The van der Waals surface area contributed by atoms with E-state index >= 15 is 0 Å². The summed E-state index contributed by atoms with van der Waals surface area (Å²) < 4.78 is 4.99. The number of hydrogen-bond donors (Lipinski definition) is 2. The van der Waals surface area contributed by atoms with E-state index in [4.69, 9.17) is 10.5 Å². The fourth-order valence-corrected chi connectivity index (χ4v) is 1.14. The average Bonchev–Trinajstić information content (AvgIpc) is 2.14. The average molecular weight is 206 g/mol. The van der Waals surface area contributed by atoms with Crippen LogP contribution in [-0.2, 0) is 9.53 Å². The number of methoxy groups -OCH3 is 1. The maximum absolute atomic E-state index is 11.2. The molecule has 0 aromatic heterocycles. The summed E-state index contributed by atoms with van der Waals surface area (Å²) in [6.45, 7) is 1.09. The minimum atomic E-state index is -0.158.